The van der Waals surface area contributed by atoms with Gasteiger partial charge in [0.1, 0.15) is 6.04 Å². The number of rotatable bonds is 5. The SMILES string of the molecule is CC[C@@H](NC(=O)[C@@H](C)c1ccc(Cl)s1)C(=O)OC. The molecule has 1 rings (SSSR count). The Balaban J connectivity index is 2.67. The van der Waals surface area contributed by atoms with E-state index in [2.05, 4.69) is 10.1 Å². The van der Waals surface area contributed by atoms with E-state index in [-0.39, 0.29) is 11.8 Å². The largest absolute Gasteiger partial charge is 0.467 e. The van der Waals surface area contributed by atoms with Gasteiger partial charge in [-0.15, -0.1) is 11.3 Å². The Bertz CT molecular complexity index is 433. The lowest BCUT2D eigenvalue weighted by atomic mass is 10.1. The fraction of sp³-hybridized carbons (Fsp3) is 0.500. The molecule has 1 aromatic heterocycles. The summed E-state index contributed by atoms with van der Waals surface area (Å²) in [6, 6.07) is 2.97. The molecule has 0 spiro atoms. The molecular formula is C12H16ClNO3S. The van der Waals surface area contributed by atoms with Crippen molar-refractivity contribution in [2.24, 2.45) is 0 Å². The number of hydrogen-bond acceptors (Lipinski definition) is 4. The van der Waals surface area contributed by atoms with Gasteiger partial charge in [0.2, 0.25) is 5.91 Å². The Hall–Kier alpha value is -1.07. The van der Waals surface area contributed by atoms with Crippen molar-refractivity contribution in [3.63, 3.8) is 0 Å². The summed E-state index contributed by atoms with van der Waals surface area (Å²) in [4.78, 5) is 24.2. The van der Waals surface area contributed by atoms with Gasteiger partial charge in [-0.2, -0.15) is 0 Å². The second kappa shape index (κ2) is 6.75. The quantitative estimate of drug-likeness (QED) is 0.848. The van der Waals surface area contributed by atoms with Crippen LogP contribution in [0.15, 0.2) is 12.1 Å². The van der Waals surface area contributed by atoms with Gasteiger partial charge in [-0.05, 0) is 25.5 Å². The first-order chi connectivity index (χ1) is 8.49. The summed E-state index contributed by atoms with van der Waals surface area (Å²) in [7, 11) is 1.31. The molecule has 100 valence electrons. The summed E-state index contributed by atoms with van der Waals surface area (Å²) in [6.45, 7) is 3.59. The zero-order valence-electron chi connectivity index (χ0n) is 10.5. The molecule has 1 amide bonds. The lowest BCUT2D eigenvalue weighted by Crippen LogP contribution is -2.42. The third-order valence-corrected chi connectivity index (χ3v) is 4.04. The smallest absolute Gasteiger partial charge is 0.328 e. The van der Waals surface area contributed by atoms with Crippen LogP contribution in [0.5, 0.6) is 0 Å². The van der Waals surface area contributed by atoms with Gasteiger partial charge < -0.3 is 10.1 Å². The Labute approximate surface area is 115 Å². The van der Waals surface area contributed by atoms with E-state index in [4.69, 9.17) is 11.6 Å². The van der Waals surface area contributed by atoms with Gasteiger partial charge >= 0.3 is 5.97 Å². The van der Waals surface area contributed by atoms with Crippen molar-refractivity contribution in [1.29, 1.82) is 0 Å². The lowest BCUT2D eigenvalue weighted by molar-refractivity contribution is -0.145. The van der Waals surface area contributed by atoms with Crippen molar-refractivity contribution < 1.29 is 14.3 Å². The highest BCUT2D eigenvalue weighted by Gasteiger charge is 2.24. The summed E-state index contributed by atoms with van der Waals surface area (Å²) in [5, 5.41) is 2.67. The Morgan fingerprint density at radius 1 is 1.50 bits per heavy atom. The molecule has 0 aliphatic rings. The van der Waals surface area contributed by atoms with Crippen LogP contribution in [0.25, 0.3) is 0 Å². The third kappa shape index (κ3) is 3.71. The predicted octanol–water partition coefficient (Wildman–Crippen LogP) is 2.57. The van der Waals surface area contributed by atoms with Crippen LogP contribution in [0.2, 0.25) is 4.34 Å². The summed E-state index contributed by atoms with van der Waals surface area (Å²) in [5.74, 6) is -0.964. The molecule has 4 nitrogen and oxygen atoms in total. The molecule has 0 fully saturated rings. The molecule has 1 heterocycles. The molecule has 0 aliphatic carbocycles. The van der Waals surface area contributed by atoms with E-state index in [1.165, 1.54) is 18.4 Å². The summed E-state index contributed by atoms with van der Waals surface area (Å²) in [6.07, 6.45) is 0.496. The number of ether oxygens (including phenoxy) is 1. The van der Waals surface area contributed by atoms with Crippen LogP contribution in [0.3, 0.4) is 0 Å². The van der Waals surface area contributed by atoms with Gasteiger partial charge in [0.25, 0.3) is 0 Å². The number of carbonyl (C=O) groups is 2. The van der Waals surface area contributed by atoms with Crippen molar-refractivity contribution in [2.75, 3.05) is 7.11 Å². The molecule has 0 saturated carbocycles. The van der Waals surface area contributed by atoms with Crippen LogP contribution in [-0.4, -0.2) is 25.0 Å². The fourth-order valence-corrected chi connectivity index (χ4v) is 2.57. The maximum absolute atomic E-state index is 12.0. The van der Waals surface area contributed by atoms with Gasteiger partial charge in [0, 0.05) is 4.88 Å². The number of nitrogens with one attached hydrogen (secondary N) is 1. The maximum Gasteiger partial charge on any atom is 0.328 e. The first-order valence-electron chi connectivity index (χ1n) is 5.63. The number of amides is 1. The van der Waals surface area contributed by atoms with Crippen LogP contribution in [-0.2, 0) is 14.3 Å². The monoisotopic (exact) mass is 289 g/mol. The molecule has 0 saturated heterocycles. The number of halogens is 1. The molecule has 0 bridgehead atoms. The highest BCUT2D eigenvalue weighted by Crippen LogP contribution is 2.28. The average molecular weight is 290 g/mol. The van der Waals surface area contributed by atoms with Crippen molar-refractivity contribution in [3.05, 3.63) is 21.3 Å². The zero-order valence-corrected chi connectivity index (χ0v) is 12.1. The van der Waals surface area contributed by atoms with Gasteiger partial charge in [-0.1, -0.05) is 18.5 Å². The molecule has 2 atom stereocenters. The summed E-state index contributed by atoms with van der Waals surface area (Å²) < 4.78 is 5.26. The number of hydrogen-bond donors (Lipinski definition) is 1. The third-order valence-electron chi connectivity index (χ3n) is 2.62. The Morgan fingerprint density at radius 2 is 2.17 bits per heavy atom. The molecule has 0 radical (unpaired) electrons. The molecular weight excluding hydrogens is 274 g/mol. The zero-order chi connectivity index (χ0) is 13.7. The van der Waals surface area contributed by atoms with E-state index in [0.717, 1.165) is 4.88 Å². The van der Waals surface area contributed by atoms with Crippen LogP contribution in [0.1, 0.15) is 31.1 Å². The van der Waals surface area contributed by atoms with Crippen molar-refractivity contribution >= 4 is 34.8 Å². The molecule has 18 heavy (non-hydrogen) atoms. The first kappa shape index (κ1) is 15.0. The normalized spacial score (nSPS) is 13.8. The standard InChI is InChI=1S/C12H16ClNO3S/c1-4-8(12(16)17-3)14-11(15)7(2)9-5-6-10(13)18-9/h5-8H,4H2,1-3H3,(H,14,15)/t7-,8+/m0/s1. The van der Waals surface area contributed by atoms with Gasteiger partial charge in [0.15, 0.2) is 0 Å². The van der Waals surface area contributed by atoms with Gasteiger partial charge in [-0.3, -0.25) is 4.79 Å². The minimum atomic E-state index is -0.597. The number of esters is 1. The molecule has 1 N–H and O–H groups in total. The Kier molecular flexibility index (Phi) is 5.62. The second-order valence-electron chi connectivity index (χ2n) is 3.86. The summed E-state index contributed by atoms with van der Waals surface area (Å²) >= 11 is 7.19. The van der Waals surface area contributed by atoms with E-state index >= 15 is 0 Å². The number of methoxy groups -OCH3 is 1. The Morgan fingerprint density at radius 3 is 2.61 bits per heavy atom. The van der Waals surface area contributed by atoms with E-state index in [1.807, 2.05) is 13.0 Å². The van der Waals surface area contributed by atoms with E-state index in [1.54, 1.807) is 13.0 Å². The maximum atomic E-state index is 12.0. The van der Waals surface area contributed by atoms with Gasteiger partial charge in [-0.25, -0.2) is 4.79 Å². The molecule has 0 aliphatic heterocycles. The number of carbonyl (C=O) groups excluding carboxylic acids is 2. The summed E-state index contributed by atoms with van der Waals surface area (Å²) in [5.41, 5.74) is 0. The van der Waals surface area contributed by atoms with E-state index in [0.29, 0.717) is 10.8 Å². The van der Waals surface area contributed by atoms with Gasteiger partial charge in [0.05, 0.1) is 17.4 Å². The van der Waals surface area contributed by atoms with E-state index < -0.39 is 12.0 Å². The number of thiophene rings is 1. The minimum Gasteiger partial charge on any atom is -0.467 e. The topological polar surface area (TPSA) is 55.4 Å². The van der Waals surface area contributed by atoms with Crippen LogP contribution >= 0.6 is 22.9 Å². The van der Waals surface area contributed by atoms with Crippen LogP contribution in [0, 0.1) is 0 Å². The fourth-order valence-electron chi connectivity index (χ4n) is 1.46. The molecule has 0 aromatic carbocycles. The van der Waals surface area contributed by atoms with Crippen molar-refractivity contribution in [2.45, 2.75) is 32.2 Å². The molecule has 0 unspecified atom stereocenters. The highest BCUT2D eigenvalue weighted by atomic mass is 35.5. The van der Waals surface area contributed by atoms with Crippen LogP contribution < -0.4 is 5.32 Å². The van der Waals surface area contributed by atoms with Crippen LogP contribution in [0.4, 0.5) is 0 Å². The van der Waals surface area contributed by atoms with Crippen molar-refractivity contribution in [1.82, 2.24) is 5.32 Å². The van der Waals surface area contributed by atoms with E-state index in [9.17, 15) is 9.59 Å². The second-order valence-corrected chi connectivity index (χ2v) is 5.60. The predicted molar refractivity (Wildman–Crippen MR) is 72.0 cm³/mol. The minimum absolute atomic E-state index is 0.203. The highest BCUT2D eigenvalue weighted by molar-refractivity contribution is 7.16. The average Bonchev–Trinajstić information content (AvgIpc) is 2.80. The first-order valence-corrected chi connectivity index (χ1v) is 6.82. The molecule has 1 aromatic rings. The molecule has 6 heteroatoms. The lowest BCUT2D eigenvalue weighted by Gasteiger charge is -2.17. The van der Waals surface area contributed by atoms with Crippen molar-refractivity contribution in [3.8, 4) is 0 Å².